The number of benzene rings is 2. The molecule has 2 aromatic carbocycles. The molecule has 0 radical (unpaired) electrons. The highest BCUT2D eigenvalue weighted by Crippen LogP contribution is 2.30. The van der Waals surface area contributed by atoms with Gasteiger partial charge >= 0.3 is 0 Å². The van der Waals surface area contributed by atoms with Crippen LogP contribution < -0.4 is 15.5 Å². The molecule has 1 aliphatic rings. The summed E-state index contributed by atoms with van der Waals surface area (Å²) in [7, 11) is 3.98. The van der Waals surface area contributed by atoms with Crippen LogP contribution in [0.2, 0.25) is 0 Å². The predicted molar refractivity (Wildman–Crippen MR) is 118 cm³/mol. The van der Waals surface area contributed by atoms with Crippen molar-refractivity contribution in [1.82, 2.24) is 5.32 Å². The lowest BCUT2D eigenvalue weighted by atomic mass is 9.81. The van der Waals surface area contributed by atoms with Crippen LogP contribution in [0.15, 0.2) is 54.6 Å². The molecule has 0 aliphatic heterocycles. The summed E-state index contributed by atoms with van der Waals surface area (Å²) < 4.78 is 0. The second-order valence-electron chi connectivity index (χ2n) is 8.01. The number of nitrogens with zero attached hydrogens (tertiary/aromatic N) is 1. The molecular weight excluding hydrogens is 362 g/mol. The van der Waals surface area contributed by atoms with E-state index in [2.05, 4.69) is 22.8 Å². The average Bonchev–Trinajstić information content (AvgIpc) is 2.75. The van der Waals surface area contributed by atoms with E-state index in [1.54, 1.807) is 0 Å². The molecule has 0 saturated heterocycles. The maximum Gasteiger partial charge on any atom is 0.227 e. The molecule has 0 heterocycles. The van der Waals surface area contributed by atoms with E-state index in [0.29, 0.717) is 6.54 Å². The molecule has 3 rings (SSSR count). The third kappa shape index (κ3) is 6.08. The standard InChI is InChI=1S/C24H31N3O2/c1-27(2)22-14-12-21(13-15-22)26-24(29)20-10-8-19(9-11-20)23(28)25-17-16-18-6-4-3-5-7-18/h3-7,12-15,19-20H,8-11,16-17H2,1-2H3,(H,25,28)(H,26,29). The molecular formula is C24H31N3O2. The highest BCUT2D eigenvalue weighted by atomic mass is 16.2. The van der Waals surface area contributed by atoms with Gasteiger partial charge in [-0.05, 0) is 61.9 Å². The van der Waals surface area contributed by atoms with Crippen molar-refractivity contribution in [2.45, 2.75) is 32.1 Å². The summed E-state index contributed by atoms with van der Waals surface area (Å²) in [6.07, 6.45) is 3.91. The van der Waals surface area contributed by atoms with Gasteiger partial charge in [-0.3, -0.25) is 9.59 Å². The zero-order valence-corrected chi connectivity index (χ0v) is 17.4. The van der Waals surface area contributed by atoms with Crippen molar-refractivity contribution in [3.63, 3.8) is 0 Å². The van der Waals surface area contributed by atoms with Gasteiger partial charge < -0.3 is 15.5 Å². The highest BCUT2D eigenvalue weighted by molar-refractivity contribution is 5.93. The Bertz CT molecular complexity index is 795. The van der Waals surface area contributed by atoms with E-state index in [4.69, 9.17) is 0 Å². The number of nitrogens with one attached hydrogen (secondary N) is 2. The van der Waals surface area contributed by atoms with Crippen LogP contribution >= 0.6 is 0 Å². The van der Waals surface area contributed by atoms with Crippen LogP contribution in [0.4, 0.5) is 11.4 Å². The van der Waals surface area contributed by atoms with Crippen molar-refractivity contribution in [3.8, 4) is 0 Å². The Morgan fingerprint density at radius 2 is 1.45 bits per heavy atom. The van der Waals surface area contributed by atoms with Crippen LogP contribution in [0.25, 0.3) is 0 Å². The first kappa shape index (κ1) is 20.9. The number of hydrogen-bond acceptors (Lipinski definition) is 3. The predicted octanol–water partition coefficient (Wildman–Crippen LogP) is 3.86. The SMILES string of the molecule is CN(C)c1ccc(NC(=O)C2CCC(C(=O)NCCc3ccccc3)CC2)cc1. The van der Waals surface area contributed by atoms with Crippen molar-refractivity contribution in [2.75, 3.05) is 30.9 Å². The Hall–Kier alpha value is -2.82. The third-order valence-corrected chi connectivity index (χ3v) is 5.68. The molecule has 0 unspecified atom stereocenters. The fraction of sp³-hybridized carbons (Fsp3) is 0.417. The van der Waals surface area contributed by atoms with Gasteiger partial charge in [0.1, 0.15) is 0 Å². The lowest BCUT2D eigenvalue weighted by molar-refractivity contribution is -0.128. The molecule has 2 aromatic rings. The zero-order chi connectivity index (χ0) is 20.6. The van der Waals surface area contributed by atoms with Gasteiger partial charge in [0.05, 0.1) is 0 Å². The summed E-state index contributed by atoms with van der Waals surface area (Å²) in [5, 5.41) is 6.07. The summed E-state index contributed by atoms with van der Waals surface area (Å²) in [6, 6.07) is 18.0. The summed E-state index contributed by atoms with van der Waals surface area (Å²) in [5.41, 5.74) is 3.15. The topological polar surface area (TPSA) is 61.4 Å². The normalized spacial score (nSPS) is 18.7. The van der Waals surface area contributed by atoms with Crippen LogP contribution in [0.3, 0.4) is 0 Å². The molecule has 5 heteroatoms. The fourth-order valence-corrected chi connectivity index (χ4v) is 3.82. The van der Waals surface area contributed by atoms with Gasteiger partial charge in [0.25, 0.3) is 0 Å². The first-order valence-electron chi connectivity index (χ1n) is 10.4. The molecule has 5 nitrogen and oxygen atoms in total. The van der Waals surface area contributed by atoms with Crippen LogP contribution in [-0.2, 0) is 16.0 Å². The monoisotopic (exact) mass is 393 g/mol. The Labute approximate surface area is 173 Å². The van der Waals surface area contributed by atoms with E-state index in [1.807, 2.05) is 61.5 Å². The Kier molecular flexibility index (Phi) is 7.28. The van der Waals surface area contributed by atoms with Crippen LogP contribution in [0.5, 0.6) is 0 Å². The number of rotatable bonds is 7. The molecule has 1 aliphatic carbocycles. The van der Waals surface area contributed by atoms with Crippen LogP contribution in [0, 0.1) is 11.8 Å². The molecule has 2 amide bonds. The molecule has 0 spiro atoms. The lowest BCUT2D eigenvalue weighted by Gasteiger charge is -2.27. The maximum absolute atomic E-state index is 12.6. The third-order valence-electron chi connectivity index (χ3n) is 5.68. The van der Waals surface area contributed by atoms with Crippen LogP contribution in [-0.4, -0.2) is 32.5 Å². The minimum absolute atomic E-state index is 0.0168. The van der Waals surface area contributed by atoms with Gasteiger partial charge in [-0.2, -0.15) is 0 Å². The number of hydrogen-bond donors (Lipinski definition) is 2. The van der Waals surface area contributed by atoms with Crippen molar-refractivity contribution in [2.24, 2.45) is 11.8 Å². The molecule has 154 valence electrons. The molecule has 1 saturated carbocycles. The minimum atomic E-state index is -0.0168. The van der Waals surface area contributed by atoms with Gasteiger partial charge in [-0.25, -0.2) is 0 Å². The highest BCUT2D eigenvalue weighted by Gasteiger charge is 2.29. The van der Waals surface area contributed by atoms with Gasteiger partial charge in [-0.1, -0.05) is 30.3 Å². The molecule has 2 N–H and O–H groups in total. The number of carbonyl (C=O) groups excluding carboxylic acids is 2. The average molecular weight is 394 g/mol. The van der Waals surface area contributed by atoms with Crippen molar-refractivity contribution >= 4 is 23.2 Å². The van der Waals surface area contributed by atoms with E-state index in [-0.39, 0.29) is 23.7 Å². The second kappa shape index (κ2) is 10.1. The van der Waals surface area contributed by atoms with Crippen molar-refractivity contribution < 1.29 is 9.59 Å². The minimum Gasteiger partial charge on any atom is -0.378 e. The van der Waals surface area contributed by atoms with Crippen LogP contribution in [0.1, 0.15) is 31.2 Å². The van der Waals surface area contributed by atoms with Gasteiger partial charge in [0.2, 0.25) is 11.8 Å². The van der Waals surface area contributed by atoms with E-state index >= 15 is 0 Å². The number of carbonyl (C=O) groups is 2. The second-order valence-corrected chi connectivity index (χ2v) is 8.01. The molecule has 0 bridgehead atoms. The smallest absolute Gasteiger partial charge is 0.227 e. The van der Waals surface area contributed by atoms with E-state index in [1.165, 1.54) is 5.56 Å². The molecule has 29 heavy (non-hydrogen) atoms. The summed E-state index contributed by atoms with van der Waals surface area (Å²) in [4.78, 5) is 27.0. The number of anilines is 2. The van der Waals surface area contributed by atoms with Crippen molar-refractivity contribution in [1.29, 1.82) is 0 Å². The summed E-state index contributed by atoms with van der Waals surface area (Å²) >= 11 is 0. The van der Waals surface area contributed by atoms with Gasteiger partial charge in [-0.15, -0.1) is 0 Å². The van der Waals surface area contributed by atoms with E-state index in [9.17, 15) is 9.59 Å². The Morgan fingerprint density at radius 1 is 0.862 bits per heavy atom. The molecule has 0 atom stereocenters. The Morgan fingerprint density at radius 3 is 2.03 bits per heavy atom. The fourth-order valence-electron chi connectivity index (χ4n) is 3.82. The first-order valence-corrected chi connectivity index (χ1v) is 10.4. The molecule has 1 fully saturated rings. The molecule has 0 aromatic heterocycles. The first-order chi connectivity index (χ1) is 14.0. The summed E-state index contributed by atoms with van der Waals surface area (Å²) in [5.74, 6) is 0.190. The zero-order valence-electron chi connectivity index (χ0n) is 17.4. The maximum atomic E-state index is 12.6. The van der Waals surface area contributed by atoms with Crippen molar-refractivity contribution in [3.05, 3.63) is 60.2 Å². The Balaban J connectivity index is 1.39. The van der Waals surface area contributed by atoms with E-state index < -0.39 is 0 Å². The van der Waals surface area contributed by atoms with Gasteiger partial charge in [0, 0.05) is 43.9 Å². The largest absolute Gasteiger partial charge is 0.378 e. The lowest BCUT2D eigenvalue weighted by Crippen LogP contribution is -2.36. The van der Waals surface area contributed by atoms with E-state index in [0.717, 1.165) is 43.5 Å². The quantitative estimate of drug-likeness (QED) is 0.751. The summed E-state index contributed by atoms with van der Waals surface area (Å²) in [6.45, 7) is 0.659. The number of amides is 2. The van der Waals surface area contributed by atoms with Gasteiger partial charge in [0.15, 0.2) is 0 Å².